The lowest BCUT2D eigenvalue weighted by Gasteiger charge is -2.12. The standard InChI is InChI=1S/C17H21ClN4O.ClH/c1-4-11(3)15(19)17(23)22-20-9-13-8-12-6-5-10(2)7-14(12)21-16(13)18;/h5-9,11,15H,4,19H2,1-3H3,(H,22,23);1H/b20-9+;/t11?,15-;/m0./s1. The largest absolute Gasteiger partial charge is 1.00 e. The fourth-order valence-corrected chi connectivity index (χ4v) is 2.35. The highest BCUT2D eigenvalue weighted by molar-refractivity contribution is 6.32. The lowest BCUT2D eigenvalue weighted by Crippen LogP contribution is -3.00. The summed E-state index contributed by atoms with van der Waals surface area (Å²) < 4.78 is 0. The molecule has 1 aromatic heterocycles. The molecule has 0 radical (unpaired) electrons. The van der Waals surface area contributed by atoms with Crippen molar-refractivity contribution in [3.8, 4) is 0 Å². The van der Waals surface area contributed by atoms with Crippen molar-refractivity contribution < 1.29 is 22.9 Å². The molecule has 24 heavy (non-hydrogen) atoms. The van der Waals surface area contributed by atoms with E-state index in [0.717, 1.165) is 22.9 Å². The van der Waals surface area contributed by atoms with Crippen LogP contribution in [0.3, 0.4) is 0 Å². The van der Waals surface area contributed by atoms with Crippen molar-refractivity contribution in [2.45, 2.75) is 33.2 Å². The van der Waals surface area contributed by atoms with Gasteiger partial charge >= 0.3 is 0 Å². The van der Waals surface area contributed by atoms with Gasteiger partial charge in [-0.05, 0) is 31.0 Å². The summed E-state index contributed by atoms with van der Waals surface area (Å²) in [4.78, 5) is 16.3. The zero-order chi connectivity index (χ0) is 17.0. The van der Waals surface area contributed by atoms with Gasteiger partial charge in [-0.2, -0.15) is 5.10 Å². The normalized spacial score (nSPS) is 13.5. The first kappa shape index (κ1) is 20.4. The Morgan fingerprint density at radius 2 is 2.17 bits per heavy atom. The van der Waals surface area contributed by atoms with Gasteiger partial charge in [0.05, 0.1) is 11.7 Å². The molecule has 1 aromatic carbocycles. The number of pyridine rings is 1. The molecule has 1 amide bonds. The number of aryl methyl sites for hydroxylation is 1. The molecule has 4 N–H and O–H groups in total. The second-order valence-corrected chi connectivity index (χ2v) is 6.15. The number of hydrogen-bond donors (Lipinski definition) is 2. The highest BCUT2D eigenvalue weighted by Gasteiger charge is 2.22. The van der Waals surface area contributed by atoms with Gasteiger partial charge in [0.2, 0.25) is 0 Å². The number of nitrogens with zero attached hydrogens (tertiary/aromatic N) is 2. The van der Waals surface area contributed by atoms with Crippen molar-refractivity contribution in [2.24, 2.45) is 11.0 Å². The molecule has 1 heterocycles. The Morgan fingerprint density at radius 3 is 2.83 bits per heavy atom. The molecule has 2 aromatic rings. The molecule has 0 aliphatic heterocycles. The van der Waals surface area contributed by atoms with Gasteiger partial charge in [-0.15, -0.1) is 0 Å². The third kappa shape index (κ3) is 4.90. The van der Waals surface area contributed by atoms with E-state index >= 15 is 0 Å². The highest BCUT2D eigenvalue weighted by atomic mass is 35.5. The molecule has 0 aliphatic rings. The summed E-state index contributed by atoms with van der Waals surface area (Å²) in [5, 5.41) is 5.31. The van der Waals surface area contributed by atoms with Crippen LogP contribution in [0, 0.1) is 12.8 Å². The van der Waals surface area contributed by atoms with E-state index < -0.39 is 0 Å². The molecule has 0 spiro atoms. The van der Waals surface area contributed by atoms with Crippen LogP contribution in [0.2, 0.25) is 5.15 Å². The van der Waals surface area contributed by atoms with Gasteiger partial charge in [0, 0.05) is 16.9 Å². The Labute approximate surface area is 153 Å². The summed E-state index contributed by atoms with van der Waals surface area (Å²) in [6, 6.07) is 7.55. The van der Waals surface area contributed by atoms with Crippen molar-refractivity contribution >= 4 is 34.6 Å². The SMILES string of the molecule is CCC(C)[C@H]([NH3+])C(=O)N/N=C/c1cc2ccc(C)cc2nc1Cl.[Cl-]. The van der Waals surface area contributed by atoms with E-state index in [1.807, 2.05) is 45.0 Å². The van der Waals surface area contributed by atoms with E-state index in [-0.39, 0.29) is 30.3 Å². The third-order valence-electron chi connectivity index (χ3n) is 4.00. The predicted molar refractivity (Wildman–Crippen MR) is 93.4 cm³/mol. The van der Waals surface area contributed by atoms with Gasteiger partial charge in [0.25, 0.3) is 5.91 Å². The maximum absolute atomic E-state index is 11.9. The van der Waals surface area contributed by atoms with E-state index in [4.69, 9.17) is 11.6 Å². The first-order valence-corrected chi connectivity index (χ1v) is 8.03. The fraction of sp³-hybridized carbons (Fsp3) is 0.353. The fourth-order valence-electron chi connectivity index (χ4n) is 2.15. The van der Waals surface area contributed by atoms with Crippen LogP contribution in [0.1, 0.15) is 31.4 Å². The maximum atomic E-state index is 11.9. The van der Waals surface area contributed by atoms with Crippen molar-refractivity contribution in [1.82, 2.24) is 10.4 Å². The number of aromatic nitrogens is 1. The molecule has 0 bridgehead atoms. The van der Waals surface area contributed by atoms with Crippen LogP contribution >= 0.6 is 11.6 Å². The number of rotatable bonds is 5. The first-order valence-electron chi connectivity index (χ1n) is 7.65. The Balaban J connectivity index is 0.00000288. The smallest absolute Gasteiger partial charge is 0.298 e. The molecule has 2 rings (SSSR count). The van der Waals surface area contributed by atoms with Crippen molar-refractivity contribution in [2.75, 3.05) is 0 Å². The average molecular weight is 369 g/mol. The van der Waals surface area contributed by atoms with Crippen LogP contribution in [-0.4, -0.2) is 23.1 Å². The van der Waals surface area contributed by atoms with Gasteiger partial charge in [0.15, 0.2) is 6.04 Å². The molecule has 0 fully saturated rings. The number of benzene rings is 1. The number of amides is 1. The maximum Gasteiger partial charge on any atom is 0.298 e. The average Bonchev–Trinajstić information content (AvgIpc) is 2.53. The summed E-state index contributed by atoms with van der Waals surface area (Å²) in [6.45, 7) is 6.03. The molecule has 1 unspecified atom stereocenters. The highest BCUT2D eigenvalue weighted by Crippen LogP contribution is 2.20. The van der Waals surface area contributed by atoms with Crippen LogP contribution in [0.25, 0.3) is 10.9 Å². The predicted octanol–water partition coefficient (Wildman–Crippen LogP) is -0.693. The van der Waals surface area contributed by atoms with E-state index in [0.29, 0.717) is 10.7 Å². The summed E-state index contributed by atoms with van der Waals surface area (Å²) in [5.74, 6) is 0.00968. The Bertz CT molecular complexity index is 749. The number of hydrogen-bond acceptors (Lipinski definition) is 3. The zero-order valence-corrected chi connectivity index (χ0v) is 15.5. The van der Waals surface area contributed by atoms with Crippen LogP contribution < -0.4 is 23.6 Å². The van der Waals surface area contributed by atoms with Gasteiger partial charge in [0.1, 0.15) is 5.15 Å². The van der Waals surface area contributed by atoms with Gasteiger partial charge in [-0.1, -0.05) is 37.6 Å². The molecular formula is C17H22Cl2N4O. The molecule has 0 aliphatic carbocycles. The molecular weight excluding hydrogens is 347 g/mol. The minimum absolute atomic E-state index is 0. The molecule has 2 atom stereocenters. The van der Waals surface area contributed by atoms with Crippen molar-refractivity contribution in [3.63, 3.8) is 0 Å². The monoisotopic (exact) mass is 368 g/mol. The quantitative estimate of drug-likeness (QED) is 0.416. The lowest BCUT2D eigenvalue weighted by atomic mass is 10.00. The van der Waals surface area contributed by atoms with Crippen LogP contribution in [-0.2, 0) is 4.79 Å². The van der Waals surface area contributed by atoms with E-state index in [1.54, 1.807) is 0 Å². The third-order valence-corrected chi connectivity index (χ3v) is 4.30. The number of fused-ring (bicyclic) bond motifs is 1. The molecule has 7 heteroatoms. The Morgan fingerprint density at radius 1 is 1.46 bits per heavy atom. The molecule has 5 nitrogen and oxygen atoms in total. The van der Waals surface area contributed by atoms with Gasteiger partial charge in [-0.25, -0.2) is 10.4 Å². The van der Waals surface area contributed by atoms with E-state index in [2.05, 4.69) is 21.2 Å². The van der Waals surface area contributed by atoms with Crippen LogP contribution in [0.4, 0.5) is 0 Å². The molecule has 0 saturated heterocycles. The van der Waals surface area contributed by atoms with Gasteiger partial charge < -0.3 is 18.1 Å². The summed E-state index contributed by atoms with van der Waals surface area (Å²) in [7, 11) is 0. The molecule has 0 saturated carbocycles. The zero-order valence-electron chi connectivity index (χ0n) is 14.0. The van der Waals surface area contributed by atoms with Gasteiger partial charge in [-0.3, -0.25) is 4.79 Å². The van der Waals surface area contributed by atoms with Crippen molar-refractivity contribution in [1.29, 1.82) is 0 Å². The van der Waals surface area contributed by atoms with Crippen molar-refractivity contribution in [3.05, 3.63) is 40.5 Å². The van der Waals surface area contributed by atoms with Crippen LogP contribution in [0.15, 0.2) is 29.4 Å². The number of nitrogens with one attached hydrogen (secondary N) is 1. The summed E-state index contributed by atoms with van der Waals surface area (Å²) in [6.07, 6.45) is 2.40. The number of quaternary nitrogens is 1. The Kier molecular flexibility index (Phi) is 7.60. The van der Waals surface area contributed by atoms with E-state index in [9.17, 15) is 4.79 Å². The lowest BCUT2D eigenvalue weighted by molar-refractivity contribution is -0.415. The van der Waals surface area contributed by atoms with Crippen LogP contribution in [0.5, 0.6) is 0 Å². The second-order valence-electron chi connectivity index (χ2n) is 5.79. The number of carbonyl (C=O) groups is 1. The first-order chi connectivity index (χ1) is 10.9. The molecule has 130 valence electrons. The summed E-state index contributed by atoms with van der Waals surface area (Å²) in [5.41, 5.74) is 9.01. The second kappa shape index (κ2) is 8.97. The minimum atomic E-state index is -0.328. The number of halogens is 2. The summed E-state index contributed by atoms with van der Waals surface area (Å²) >= 11 is 6.18. The topological polar surface area (TPSA) is 82.0 Å². The van der Waals surface area contributed by atoms with E-state index in [1.165, 1.54) is 6.21 Å². The Hall–Kier alpha value is -1.69. The number of carbonyl (C=O) groups excluding carboxylic acids is 1. The number of hydrazone groups is 1. The minimum Gasteiger partial charge on any atom is -1.00 e.